The van der Waals surface area contributed by atoms with Crippen molar-refractivity contribution in [2.45, 2.75) is 18.9 Å². The van der Waals surface area contributed by atoms with Crippen molar-refractivity contribution in [1.82, 2.24) is 5.32 Å². The molecule has 1 saturated heterocycles. The molecule has 21 heavy (non-hydrogen) atoms. The minimum atomic E-state index is -0.408. The molecule has 0 radical (unpaired) electrons. The standard InChI is InChI=1S/C15H20N2O3.ClH/c18-15(14-9-16-7-8-19-14)17-12-3-5-13(6-4-12)20-10-11-1-2-11;/h3-6,11,14,16H,1-2,7-10H2,(H,17,18);1H. The summed E-state index contributed by atoms with van der Waals surface area (Å²) in [7, 11) is 0. The lowest BCUT2D eigenvalue weighted by Gasteiger charge is -2.22. The molecule has 0 bridgehead atoms. The Bertz CT molecular complexity index is 456. The molecule has 116 valence electrons. The number of benzene rings is 1. The third-order valence-corrected chi connectivity index (χ3v) is 3.52. The molecule has 6 heteroatoms. The van der Waals surface area contributed by atoms with Gasteiger partial charge in [0.2, 0.25) is 0 Å². The van der Waals surface area contributed by atoms with E-state index >= 15 is 0 Å². The molecular formula is C15H21ClN2O3. The molecule has 5 nitrogen and oxygen atoms in total. The molecule has 1 heterocycles. The summed E-state index contributed by atoms with van der Waals surface area (Å²) in [5, 5.41) is 5.99. The molecule has 2 fully saturated rings. The average Bonchev–Trinajstić information content (AvgIpc) is 3.32. The number of amides is 1. The van der Waals surface area contributed by atoms with Crippen LogP contribution in [-0.4, -0.2) is 38.3 Å². The Morgan fingerprint density at radius 3 is 2.71 bits per heavy atom. The molecule has 1 saturated carbocycles. The Balaban J connectivity index is 0.00000161. The number of carbonyl (C=O) groups is 1. The van der Waals surface area contributed by atoms with Crippen molar-refractivity contribution in [1.29, 1.82) is 0 Å². The van der Waals surface area contributed by atoms with E-state index < -0.39 is 6.10 Å². The van der Waals surface area contributed by atoms with Gasteiger partial charge < -0.3 is 20.1 Å². The van der Waals surface area contributed by atoms with E-state index in [4.69, 9.17) is 9.47 Å². The van der Waals surface area contributed by atoms with Gasteiger partial charge in [0.1, 0.15) is 11.9 Å². The molecule has 1 aromatic carbocycles. The Hall–Kier alpha value is -1.30. The molecule has 1 amide bonds. The largest absolute Gasteiger partial charge is 0.493 e. The number of rotatable bonds is 5. The fourth-order valence-electron chi connectivity index (χ4n) is 2.09. The number of ether oxygens (including phenoxy) is 2. The Morgan fingerprint density at radius 2 is 2.10 bits per heavy atom. The van der Waals surface area contributed by atoms with Crippen LogP contribution in [0.15, 0.2) is 24.3 Å². The van der Waals surface area contributed by atoms with E-state index in [0.29, 0.717) is 13.2 Å². The first-order valence-electron chi connectivity index (χ1n) is 7.17. The van der Waals surface area contributed by atoms with E-state index in [2.05, 4.69) is 10.6 Å². The highest BCUT2D eigenvalue weighted by Crippen LogP contribution is 2.29. The van der Waals surface area contributed by atoms with Crippen molar-refractivity contribution in [3.63, 3.8) is 0 Å². The molecular weight excluding hydrogens is 292 g/mol. The van der Waals surface area contributed by atoms with Gasteiger partial charge in [0.25, 0.3) is 5.91 Å². The van der Waals surface area contributed by atoms with Gasteiger partial charge >= 0.3 is 0 Å². The lowest BCUT2D eigenvalue weighted by atomic mass is 10.2. The molecule has 2 N–H and O–H groups in total. The molecule has 1 aliphatic heterocycles. The van der Waals surface area contributed by atoms with Crippen LogP contribution >= 0.6 is 12.4 Å². The van der Waals surface area contributed by atoms with Crippen LogP contribution in [0.5, 0.6) is 5.75 Å². The topological polar surface area (TPSA) is 59.6 Å². The summed E-state index contributed by atoms with van der Waals surface area (Å²) >= 11 is 0. The van der Waals surface area contributed by atoms with Crippen LogP contribution in [0.25, 0.3) is 0 Å². The summed E-state index contributed by atoms with van der Waals surface area (Å²) in [5.41, 5.74) is 0.767. The van der Waals surface area contributed by atoms with Crippen molar-refractivity contribution in [2.24, 2.45) is 5.92 Å². The van der Waals surface area contributed by atoms with Crippen LogP contribution in [0.2, 0.25) is 0 Å². The first kappa shape index (κ1) is 16.1. The number of morpholine rings is 1. The van der Waals surface area contributed by atoms with Gasteiger partial charge in [0.15, 0.2) is 0 Å². The van der Waals surface area contributed by atoms with Crippen molar-refractivity contribution in [3.8, 4) is 5.75 Å². The molecule has 0 spiro atoms. The van der Waals surface area contributed by atoms with Gasteiger partial charge in [-0.3, -0.25) is 4.79 Å². The van der Waals surface area contributed by atoms with Gasteiger partial charge in [0.05, 0.1) is 13.2 Å². The van der Waals surface area contributed by atoms with Gasteiger partial charge in [0, 0.05) is 18.8 Å². The quantitative estimate of drug-likeness (QED) is 0.871. The fourth-order valence-corrected chi connectivity index (χ4v) is 2.09. The minimum Gasteiger partial charge on any atom is -0.493 e. The first-order chi connectivity index (χ1) is 9.81. The number of halogens is 1. The van der Waals surface area contributed by atoms with E-state index in [0.717, 1.165) is 30.5 Å². The van der Waals surface area contributed by atoms with Crippen LogP contribution < -0.4 is 15.4 Å². The maximum atomic E-state index is 12.0. The zero-order chi connectivity index (χ0) is 13.8. The lowest BCUT2D eigenvalue weighted by Crippen LogP contribution is -2.45. The van der Waals surface area contributed by atoms with Crippen molar-refractivity contribution in [2.75, 3.05) is 31.6 Å². The predicted molar refractivity (Wildman–Crippen MR) is 83.1 cm³/mol. The molecule has 0 aromatic heterocycles. The average molecular weight is 313 g/mol. The van der Waals surface area contributed by atoms with Crippen LogP contribution in [0, 0.1) is 5.92 Å². The van der Waals surface area contributed by atoms with Crippen molar-refractivity contribution >= 4 is 24.0 Å². The van der Waals surface area contributed by atoms with E-state index in [1.165, 1.54) is 12.8 Å². The van der Waals surface area contributed by atoms with Gasteiger partial charge in [-0.15, -0.1) is 12.4 Å². The molecule has 1 aliphatic carbocycles. The fraction of sp³-hybridized carbons (Fsp3) is 0.533. The Kier molecular flexibility index (Phi) is 5.85. The second kappa shape index (κ2) is 7.64. The number of hydrogen-bond acceptors (Lipinski definition) is 4. The summed E-state index contributed by atoms with van der Waals surface area (Å²) in [6, 6.07) is 7.49. The highest BCUT2D eigenvalue weighted by atomic mass is 35.5. The van der Waals surface area contributed by atoms with Gasteiger partial charge in [-0.25, -0.2) is 0 Å². The van der Waals surface area contributed by atoms with Gasteiger partial charge in [-0.1, -0.05) is 0 Å². The van der Waals surface area contributed by atoms with Crippen LogP contribution in [-0.2, 0) is 9.53 Å². The van der Waals surface area contributed by atoms with Gasteiger partial charge in [-0.05, 0) is 43.0 Å². The molecule has 3 rings (SSSR count). The van der Waals surface area contributed by atoms with E-state index in [1.54, 1.807) is 0 Å². The van der Waals surface area contributed by atoms with Gasteiger partial charge in [-0.2, -0.15) is 0 Å². The monoisotopic (exact) mass is 312 g/mol. The third-order valence-electron chi connectivity index (χ3n) is 3.52. The first-order valence-corrected chi connectivity index (χ1v) is 7.17. The summed E-state index contributed by atoms with van der Waals surface area (Å²) in [6.45, 7) is 2.74. The molecule has 2 aliphatic rings. The number of anilines is 1. The summed E-state index contributed by atoms with van der Waals surface area (Å²) in [6.07, 6.45) is 2.15. The maximum Gasteiger partial charge on any atom is 0.254 e. The second-order valence-corrected chi connectivity index (χ2v) is 5.33. The lowest BCUT2D eigenvalue weighted by molar-refractivity contribution is -0.128. The smallest absolute Gasteiger partial charge is 0.254 e. The Labute approximate surface area is 130 Å². The summed E-state index contributed by atoms with van der Waals surface area (Å²) in [5.74, 6) is 1.49. The Morgan fingerprint density at radius 1 is 1.33 bits per heavy atom. The highest BCUT2D eigenvalue weighted by molar-refractivity contribution is 5.94. The summed E-state index contributed by atoms with van der Waals surface area (Å²) in [4.78, 5) is 12.0. The number of hydrogen-bond donors (Lipinski definition) is 2. The molecule has 1 aromatic rings. The number of carbonyl (C=O) groups excluding carboxylic acids is 1. The van der Waals surface area contributed by atoms with Crippen molar-refractivity contribution in [3.05, 3.63) is 24.3 Å². The van der Waals surface area contributed by atoms with Crippen molar-refractivity contribution < 1.29 is 14.3 Å². The van der Waals surface area contributed by atoms with Crippen LogP contribution in [0.1, 0.15) is 12.8 Å². The molecule has 1 unspecified atom stereocenters. The molecule has 1 atom stereocenters. The van der Waals surface area contributed by atoms with E-state index in [1.807, 2.05) is 24.3 Å². The predicted octanol–water partition coefficient (Wildman–Crippen LogP) is 1.82. The SMILES string of the molecule is Cl.O=C(Nc1ccc(OCC2CC2)cc1)C1CNCCO1. The van der Waals surface area contributed by atoms with E-state index in [9.17, 15) is 4.79 Å². The zero-order valence-corrected chi connectivity index (χ0v) is 12.7. The van der Waals surface area contributed by atoms with Crippen LogP contribution in [0.3, 0.4) is 0 Å². The normalized spacial score (nSPS) is 21.2. The summed E-state index contributed by atoms with van der Waals surface area (Å²) < 4.78 is 11.1. The highest BCUT2D eigenvalue weighted by Gasteiger charge is 2.22. The van der Waals surface area contributed by atoms with Crippen LogP contribution in [0.4, 0.5) is 5.69 Å². The second-order valence-electron chi connectivity index (χ2n) is 5.33. The van der Waals surface area contributed by atoms with E-state index in [-0.39, 0.29) is 18.3 Å². The maximum absolute atomic E-state index is 12.0. The third kappa shape index (κ3) is 4.88. The zero-order valence-electron chi connectivity index (χ0n) is 11.8. The number of nitrogens with one attached hydrogen (secondary N) is 2. The minimum absolute atomic E-state index is 0.